The summed E-state index contributed by atoms with van der Waals surface area (Å²) < 4.78 is 20.9. The third kappa shape index (κ3) is 4.27. The molecule has 0 spiro atoms. The van der Waals surface area contributed by atoms with Crippen LogP contribution in [0.1, 0.15) is 27.2 Å². The van der Waals surface area contributed by atoms with Gasteiger partial charge >= 0.3 is 11.9 Å². The van der Waals surface area contributed by atoms with Crippen LogP contribution in [0.4, 0.5) is 0 Å². The predicted octanol–water partition coefficient (Wildman–Crippen LogP) is 0.879. The first kappa shape index (κ1) is 14.9. The van der Waals surface area contributed by atoms with E-state index in [1.165, 1.54) is 13.8 Å². The van der Waals surface area contributed by atoms with Gasteiger partial charge in [-0.2, -0.15) is 0 Å². The largest absolute Gasteiger partial charge is 0.463 e. The Balaban J connectivity index is 2.68. The standard InChI is InChI=1S/C12H20O6/c1-7-5-11(15-4)18-10(6-16-8(2)13)12(7)17-9(3)14/h7,10-12H,5-6H2,1-4H3/t7-,10-,11+,12+/m1/s1. The van der Waals surface area contributed by atoms with Crippen molar-refractivity contribution in [2.24, 2.45) is 5.92 Å². The first-order chi connectivity index (χ1) is 8.43. The van der Waals surface area contributed by atoms with Crippen LogP contribution in [0.3, 0.4) is 0 Å². The smallest absolute Gasteiger partial charge is 0.303 e. The molecular weight excluding hydrogens is 240 g/mol. The zero-order valence-electron chi connectivity index (χ0n) is 11.2. The highest BCUT2D eigenvalue weighted by molar-refractivity contribution is 5.66. The van der Waals surface area contributed by atoms with Gasteiger partial charge in [0.15, 0.2) is 6.29 Å². The molecule has 0 saturated carbocycles. The lowest BCUT2D eigenvalue weighted by Crippen LogP contribution is -2.49. The third-order valence-corrected chi connectivity index (χ3v) is 2.83. The van der Waals surface area contributed by atoms with Gasteiger partial charge in [-0.3, -0.25) is 9.59 Å². The molecule has 104 valence electrons. The van der Waals surface area contributed by atoms with Crippen molar-refractivity contribution >= 4 is 11.9 Å². The summed E-state index contributed by atoms with van der Waals surface area (Å²) in [5.74, 6) is -0.695. The van der Waals surface area contributed by atoms with Crippen LogP contribution in [-0.4, -0.2) is 44.2 Å². The number of hydrogen-bond donors (Lipinski definition) is 0. The fraction of sp³-hybridized carbons (Fsp3) is 0.833. The molecule has 0 amide bonds. The van der Waals surface area contributed by atoms with Gasteiger partial charge < -0.3 is 18.9 Å². The van der Waals surface area contributed by atoms with Gasteiger partial charge in [0, 0.05) is 33.3 Å². The van der Waals surface area contributed by atoms with Crippen LogP contribution in [0, 0.1) is 5.92 Å². The van der Waals surface area contributed by atoms with Crippen LogP contribution in [0.2, 0.25) is 0 Å². The van der Waals surface area contributed by atoms with Crippen LogP contribution in [-0.2, 0) is 28.5 Å². The molecule has 6 nitrogen and oxygen atoms in total. The van der Waals surface area contributed by atoms with Crippen LogP contribution < -0.4 is 0 Å². The van der Waals surface area contributed by atoms with E-state index < -0.39 is 18.2 Å². The lowest BCUT2D eigenvalue weighted by molar-refractivity contribution is -0.243. The summed E-state index contributed by atoms with van der Waals surface area (Å²) in [6, 6.07) is 0. The summed E-state index contributed by atoms with van der Waals surface area (Å²) in [5.41, 5.74) is 0. The van der Waals surface area contributed by atoms with E-state index in [9.17, 15) is 9.59 Å². The Morgan fingerprint density at radius 2 is 1.94 bits per heavy atom. The van der Waals surface area contributed by atoms with E-state index in [-0.39, 0.29) is 24.8 Å². The molecule has 1 aliphatic heterocycles. The predicted molar refractivity (Wildman–Crippen MR) is 61.6 cm³/mol. The van der Waals surface area contributed by atoms with Crippen molar-refractivity contribution in [3.05, 3.63) is 0 Å². The maximum atomic E-state index is 11.1. The zero-order valence-corrected chi connectivity index (χ0v) is 11.2. The van der Waals surface area contributed by atoms with Crippen molar-refractivity contribution in [2.75, 3.05) is 13.7 Å². The fourth-order valence-corrected chi connectivity index (χ4v) is 2.00. The first-order valence-corrected chi connectivity index (χ1v) is 5.92. The van der Waals surface area contributed by atoms with Crippen molar-refractivity contribution in [3.8, 4) is 0 Å². The highest BCUT2D eigenvalue weighted by Gasteiger charge is 2.39. The Labute approximate surface area is 107 Å². The van der Waals surface area contributed by atoms with Crippen LogP contribution >= 0.6 is 0 Å². The highest BCUT2D eigenvalue weighted by atomic mass is 16.7. The van der Waals surface area contributed by atoms with Crippen LogP contribution in [0.5, 0.6) is 0 Å². The lowest BCUT2D eigenvalue weighted by atomic mass is 9.93. The molecule has 0 aromatic carbocycles. The van der Waals surface area contributed by atoms with E-state index in [1.54, 1.807) is 7.11 Å². The number of hydrogen-bond acceptors (Lipinski definition) is 6. The van der Waals surface area contributed by atoms with Crippen molar-refractivity contribution in [1.29, 1.82) is 0 Å². The van der Waals surface area contributed by atoms with E-state index in [1.807, 2.05) is 6.92 Å². The average Bonchev–Trinajstić information content (AvgIpc) is 2.29. The second kappa shape index (κ2) is 6.70. The number of carbonyl (C=O) groups excluding carboxylic acids is 2. The van der Waals surface area contributed by atoms with E-state index in [0.29, 0.717) is 6.42 Å². The van der Waals surface area contributed by atoms with Crippen LogP contribution in [0.25, 0.3) is 0 Å². The van der Waals surface area contributed by atoms with Gasteiger partial charge in [0.25, 0.3) is 0 Å². The van der Waals surface area contributed by atoms with Gasteiger partial charge in [-0.15, -0.1) is 0 Å². The molecule has 4 atom stereocenters. The molecule has 0 N–H and O–H groups in total. The minimum atomic E-state index is -0.494. The van der Waals surface area contributed by atoms with E-state index in [4.69, 9.17) is 18.9 Å². The maximum Gasteiger partial charge on any atom is 0.303 e. The van der Waals surface area contributed by atoms with Gasteiger partial charge in [-0.05, 0) is 0 Å². The Morgan fingerprint density at radius 3 is 2.44 bits per heavy atom. The molecule has 1 rings (SSSR count). The Kier molecular flexibility index (Phi) is 5.55. The Hall–Kier alpha value is -1.14. The molecule has 0 aliphatic carbocycles. The summed E-state index contributed by atoms with van der Waals surface area (Å²) in [4.78, 5) is 21.9. The molecular formula is C12H20O6. The van der Waals surface area contributed by atoms with Gasteiger partial charge in [-0.1, -0.05) is 6.92 Å². The molecule has 18 heavy (non-hydrogen) atoms. The summed E-state index contributed by atoms with van der Waals surface area (Å²) in [6.45, 7) is 4.67. The minimum absolute atomic E-state index is 0.0531. The maximum absolute atomic E-state index is 11.1. The average molecular weight is 260 g/mol. The fourth-order valence-electron chi connectivity index (χ4n) is 2.00. The Bertz CT molecular complexity index is 303. The molecule has 6 heteroatoms. The monoisotopic (exact) mass is 260 g/mol. The van der Waals surface area contributed by atoms with Crippen molar-refractivity contribution in [3.63, 3.8) is 0 Å². The van der Waals surface area contributed by atoms with Crippen molar-refractivity contribution < 1.29 is 28.5 Å². The molecule has 0 radical (unpaired) electrons. The molecule has 1 fully saturated rings. The second-order valence-corrected chi connectivity index (χ2v) is 4.43. The lowest BCUT2D eigenvalue weighted by Gasteiger charge is -2.38. The summed E-state index contributed by atoms with van der Waals surface area (Å²) in [7, 11) is 1.55. The Morgan fingerprint density at radius 1 is 1.28 bits per heavy atom. The first-order valence-electron chi connectivity index (χ1n) is 5.92. The van der Waals surface area contributed by atoms with Gasteiger partial charge in [0.1, 0.15) is 18.8 Å². The quantitative estimate of drug-likeness (QED) is 0.699. The molecule has 1 aliphatic rings. The highest BCUT2D eigenvalue weighted by Crippen LogP contribution is 2.28. The summed E-state index contributed by atoms with van der Waals surface area (Å²) in [6.07, 6.45) is -0.655. The summed E-state index contributed by atoms with van der Waals surface area (Å²) in [5, 5.41) is 0. The molecule has 0 aromatic rings. The second-order valence-electron chi connectivity index (χ2n) is 4.43. The zero-order chi connectivity index (χ0) is 13.7. The van der Waals surface area contributed by atoms with Gasteiger partial charge in [-0.25, -0.2) is 0 Å². The number of ether oxygens (including phenoxy) is 4. The SMILES string of the molecule is CO[C@@H]1C[C@@H](C)[C@H](OC(C)=O)[C@@H](COC(C)=O)O1. The summed E-state index contributed by atoms with van der Waals surface area (Å²) >= 11 is 0. The van der Waals surface area contributed by atoms with Crippen molar-refractivity contribution in [2.45, 2.75) is 45.7 Å². The number of esters is 2. The molecule has 0 unspecified atom stereocenters. The van der Waals surface area contributed by atoms with E-state index >= 15 is 0 Å². The number of methoxy groups -OCH3 is 1. The van der Waals surface area contributed by atoms with E-state index in [0.717, 1.165) is 0 Å². The normalized spacial score (nSPS) is 31.8. The number of rotatable bonds is 4. The molecule has 0 bridgehead atoms. The molecule has 1 heterocycles. The van der Waals surface area contributed by atoms with Crippen LogP contribution in [0.15, 0.2) is 0 Å². The van der Waals surface area contributed by atoms with E-state index in [2.05, 4.69) is 0 Å². The third-order valence-electron chi connectivity index (χ3n) is 2.83. The van der Waals surface area contributed by atoms with Crippen molar-refractivity contribution in [1.82, 2.24) is 0 Å². The minimum Gasteiger partial charge on any atom is -0.463 e. The topological polar surface area (TPSA) is 71.1 Å². The number of carbonyl (C=O) groups is 2. The van der Waals surface area contributed by atoms with Gasteiger partial charge in [0.05, 0.1) is 0 Å². The molecule has 1 saturated heterocycles. The van der Waals surface area contributed by atoms with Gasteiger partial charge in [0.2, 0.25) is 0 Å². The molecule has 0 aromatic heterocycles.